The number of imide groups is 1. The second kappa shape index (κ2) is 7.43. The number of methoxy groups -OCH3 is 1. The number of ether oxygens (including phenoxy) is 1. The van der Waals surface area contributed by atoms with Gasteiger partial charge in [-0.15, -0.1) is 12.4 Å². The van der Waals surface area contributed by atoms with Gasteiger partial charge in [0.25, 0.3) is 11.8 Å². The molecule has 28 heavy (non-hydrogen) atoms. The van der Waals surface area contributed by atoms with Crippen molar-refractivity contribution in [3.8, 4) is 5.75 Å². The molecule has 0 radical (unpaired) electrons. The van der Waals surface area contributed by atoms with Crippen LogP contribution in [0.5, 0.6) is 5.75 Å². The highest BCUT2D eigenvalue weighted by Crippen LogP contribution is 2.38. The first kappa shape index (κ1) is 20.1. The predicted molar refractivity (Wildman–Crippen MR) is 109 cm³/mol. The van der Waals surface area contributed by atoms with Crippen LogP contribution in [-0.2, 0) is 11.3 Å². The van der Waals surface area contributed by atoms with E-state index in [0.717, 1.165) is 22.0 Å². The van der Waals surface area contributed by atoms with E-state index in [1.807, 2.05) is 19.0 Å². The van der Waals surface area contributed by atoms with E-state index >= 15 is 0 Å². The Balaban J connectivity index is 0.00000225. The van der Waals surface area contributed by atoms with Crippen LogP contribution in [-0.4, -0.2) is 66.0 Å². The largest absolute Gasteiger partial charge is 0.508 e. The van der Waals surface area contributed by atoms with Gasteiger partial charge in [-0.1, -0.05) is 0 Å². The van der Waals surface area contributed by atoms with E-state index in [0.29, 0.717) is 36.2 Å². The van der Waals surface area contributed by atoms with Gasteiger partial charge in [0.1, 0.15) is 5.75 Å². The number of aromatic amines is 1. The van der Waals surface area contributed by atoms with E-state index in [4.69, 9.17) is 4.74 Å². The second-order valence-electron chi connectivity index (χ2n) is 7.06. The van der Waals surface area contributed by atoms with Crippen LogP contribution in [0.15, 0.2) is 24.3 Å². The van der Waals surface area contributed by atoms with Crippen molar-refractivity contribution in [1.82, 2.24) is 14.8 Å². The molecule has 0 spiro atoms. The fourth-order valence-electron chi connectivity index (χ4n) is 3.67. The number of phenolic OH excluding ortho intramolecular Hbond substituents is 1. The van der Waals surface area contributed by atoms with Gasteiger partial charge in [-0.2, -0.15) is 0 Å². The fraction of sp³-hybridized carbons (Fsp3) is 0.300. The van der Waals surface area contributed by atoms with E-state index in [1.165, 1.54) is 4.90 Å². The monoisotopic (exact) mass is 403 g/mol. The van der Waals surface area contributed by atoms with Crippen LogP contribution in [0.1, 0.15) is 26.3 Å². The summed E-state index contributed by atoms with van der Waals surface area (Å²) in [6, 6.07) is 6.71. The number of nitrogens with one attached hydrogen (secondary N) is 1. The van der Waals surface area contributed by atoms with Crippen LogP contribution in [0.4, 0.5) is 0 Å². The van der Waals surface area contributed by atoms with Gasteiger partial charge in [0.15, 0.2) is 0 Å². The zero-order chi connectivity index (χ0) is 19.3. The van der Waals surface area contributed by atoms with Crippen LogP contribution >= 0.6 is 12.4 Å². The van der Waals surface area contributed by atoms with Crippen LogP contribution in [0, 0.1) is 0 Å². The smallest absolute Gasteiger partial charge is 0.262 e. The Bertz CT molecular complexity index is 1090. The summed E-state index contributed by atoms with van der Waals surface area (Å²) in [7, 11) is 5.38. The van der Waals surface area contributed by atoms with Crippen LogP contribution in [0.25, 0.3) is 21.8 Å². The average molecular weight is 404 g/mol. The van der Waals surface area contributed by atoms with Crippen molar-refractivity contribution in [3.63, 3.8) is 0 Å². The zero-order valence-corrected chi connectivity index (χ0v) is 16.7. The number of hydrogen-bond donors (Lipinski definition) is 2. The molecule has 0 aliphatic carbocycles. The van der Waals surface area contributed by atoms with E-state index < -0.39 is 0 Å². The maximum Gasteiger partial charge on any atom is 0.262 e. The molecule has 0 atom stereocenters. The van der Waals surface area contributed by atoms with Gasteiger partial charge in [0, 0.05) is 42.1 Å². The van der Waals surface area contributed by atoms with Crippen LogP contribution < -0.4 is 0 Å². The number of carbonyl (C=O) groups excluding carboxylic acids is 2. The molecule has 0 saturated heterocycles. The number of H-pyrrole nitrogens is 1. The number of phenols is 1. The Labute approximate surface area is 168 Å². The molecule has 2 heterocycles. The topological polar surface area (TPSA) is 85.9 Å². The number of benzene rings is 2. The number of likely N-dealkylation sites (N-methyl/N-ethyl adjacent to an activating group) is 1. The Morgan fingerprint density at radius 1 is 1.18 bits per heavy atom. The van der Waals surface area contributed by atoms with Gasteiger partial charge in [-0.05, 0) is 38.4 Å². The fourth-order valence-corrected chi connectivity index (χ4v) is 3.67. The van der Waals surface area contributed by atoms with Gasteiger partial charge >= 0.3 is 0 Å². The highest BCUT2D eigenvalue weighted by Gasteiger charge is 2.38. The lowest BCUT2D eigenvalue weighted by Crippen LogP contribution is -2.35. The van der Waals surface area contributed by atoms with Crippen molar-refractivity contribution in [1.29, 1.82) is 0 Å². The standard InChI is InChI=1S/C20H21N3O4.ClH/c1-22(2)6-7-23-19(25)14-8-11(10-27-3)18-16(17(14)20(23)26)13-9-12(24)4-5-15(13)21-18;/h4-5,8-9,21,24H,6-7,10H2,1-3H3;1H. The third-order valence-corrected chi connectivity index (χ3v) is 4.95. The molecule has 8 heteroatoms. The number of aromatic nitrogens is 1. The number of halogens is 1. The van der Waals surface area contributed by atoms with Gasteiger partial charge < -0.3 is 19.7 Å². The number of carbonyl (C=O) groups is 2. The summed E-state index contributed by atoms with van der Waals surface area (Å²) in [4.78, 5) is 32.6. The molecule has 4 rings (SSSR count). The number of nitrogens with zero attached hydrogens (tertiary/aromatic N) is 2. The van der Waals surface area contributed by atoms with E-state index in [9.17, 15) is 14.7 Å². The number of rotatable bonds is 5. The van der Waals surface area contributed by atoms with E-state index in [2.05, 4.69) is 4.98 Å². The molecule has 1 aromatic heterocycles. The maximum absolute atomic E-state index is 13.1. The van der Waals surface area contributed by atoms with Gasteiger partial charge in [-0.3, -0.25) is 14.5 Å². The quantitative estimate of drug-likeness (QED) is 0.640. The highest BCUT2D eigenvalue weighted by molar-refractivity contribution is 6.30. The van der Waals surface area contributed by atoms with Crippen molar-refractivity contribution in [2.75, 3.05) is 34.3 Å². The molecule has 148 valence electrons. The molecular weight excluding hydrogens is 382 g/mol. The second-order valence-corrected chi connectivity index (χ2v) is 7.06. The zero-order valence-electron chi connectivity index (χ0n) is 15.9. The minimum absolute atomic E-state index is 0. The van der Waals surface area contributed by atoms with Crippen molar-refractivity contribution in [2.45, 2.75) is 6.61 Å². The summed E-state index contributed by atoms with van der Waals surface area (Å²) in [5, 5.41) is 11.3. The van der Waals surface area contributed by atoms with Crippen molar-refractivity contribution in [3.05, 3.63) is 41.0 Å². The summed E-state index contributed by atoms with van der Waals surface area (Å²) in [6.07, 6.45) is 0. The third kappa shape index (κ3) is 3.01. The molecule has 2 amide bonds. The molecule has 2 aromatic carbocycles. The molecule has 3 aromatic rings. The number of hydrogen-bond acceptors (Lipinski definition) is 5. The highest BCUT2D eigenvalue weighted by atomic mass is 35.5. The molecule has 0 fully saturated rings. The number of fused-ring (bicyclic) bond motifs is 5. The number of aromatic hydroxyl groups is 1. The lowest BCUT2D eigenvalue weighted by atomic mass is 9.98. The first-order valence-corrected chi connectivity index (χ1v) is 8.72. The van der Waals surface area contributed by atoms with E-state index in [-0.39, 0.29) is 30.0 Å². The van der Waals surface area contributed by atoms with Crippen molar-refractivity contribution < 1.29 is 19.4 Å². The van der Waals surface area contributed by atoms with Crippen LogP contribution in [0.3, 0.4) is 0 Å². The summed E-state index contributed by atoms with van der Waals surface area (Å²) in [6.45, 7) is 1.23. The minimum atomic E-state index is -0.296. The van der Waals surface area contributed by atoms with Crippen LogP contribution in [0.2, 0.25) is 0 Å². The summed E-state index contributed by atoms with van der Waals surface area (Å²) in [5.41, 5.74) is 3.14. The molecule has 7 nitrogen and oxygen atoms in total. The molecular formula is C20H22ClN3O4. The SMILES string of the molecule is COCc1cc2c(c3c1[nH]c1ccc(O)cc13)C(=O)N(CCN(C)C)C2=O.Cl. The van der Waals surface area contributed by atoms with E-state index in [1.54, 1.807) is 31.4 Å². The van der Waals surface area contributed by atoms with Crippen molar-refractivity contribution >= 4 is 46.0 Å². The Morgan fingerprint density at radius 2 is 1.93 bits per heavy atom. The Morgan fingerprint density at radius 3 is 2.61 bits per heavy atom. The average Bonchev–Trinajstić information content (AvgIpc) is 3.10. The lowest BCUT2D eigenvalue weighted by Gasteiger charge is -2.16. The Hall–Kier alpha value is -2.61. The van der Waals surface area contributed by atoms with Gasteiger partial charge in [-0.25, -0.2) is 0 Å². The summed E-state index contributed by atoms with van der Waals surface area (Å²) < 4.78 is 5.30. The van der Waals surface area contributed by atoms with Crippen molar-refractivity contribution in [2.24, 2.45) is 0 Å². The lowest BCUT2D eigenvalue weighted by molar-refractivity contribution is 0.0645. The Kier molecular flexibility index (Phi) is 5.34. The van der Waals surface area contributed by atoms with Gasteiger partial charge in [0.05, 0.1) is 23.3 Å². The molecule has 1 aliphatic heterocycles. The molecule has 0 unspecified atom stereocenters. The number of amides is 2. The maximum atomic E-state index is 13.1. The third-order valence-electron chi connectivity index (χ3n) is 4.95. The predicted octanol–water partition coefficient (Wildman–Crippen LogP) is 2.75. The molecule has 2 N–H and O–H groups in total. The summed E-state index contributed by atoms with van der Waals surface area (Å²) >= 11 is 0. The van der Waals surface area contributed by atoms with Gasteiger partial charge in [0.2, 0.25) is 0 Å². The minimum Gasteiger partial charge on any atom is -0.508 e. The molecule has 0 saturated carbocycles. The first-order valence-electron chi connectivity index (χ1n) is 8.72. The normalized spacial score (nSPS) is 13.6. The molecule has 1 aliphatic rings. The first-order chi connectivity index (χ1) is 12.9. The molecule has 0 bridgehead atoms. The summed E-state index contributed by atoms with van der Waals surface area (Å²) in [5.74, 6) is -0.476.